The van der Waals surface area contributed by atoms with E-state index in [1.807, 2.05) is 6.92 Å². The summed E-state index contributed by atoms with van der Waals surface area (Å²) in [7, 11) is -3.40. The normalized spacial score (nSPS) is 22.1. The highest BCUT2D eigenvalue weighted by molar-refractivity contribution is 7.87. The lowest BCUT2D eigenvalue weighted by atomic mass is 9.92. The summed E-state index contributed by atoms with van der Waals surface area (Å²) in [5, 5.41) is 0. The van der Waals surface area contributed by atoms with Crippen molar-refractivity contribution in [3.8, 4) is 0 Å². The molecule has 1 aliphatic heterocycles. The Bertz CT molecular complexity index is 350. The molecule has 0 spiro atoms. The second kappa shape index (κ2) is 6.32. The molecular formula is C12H27N3O2S. The molecule has 0 aromatic carbocycles. The first-order valence-corrected chi connectivity index (χ1v) is 8.22. The van der Waals surface area contributed by atoms with E-state index in [4.69, 9.17) is 5.73 Å². The molecule has 18 heavy (non-hydrogen) atoms. The zero-order valence-electron chi connectivity index (χ0n) is 11.8. The SMILES string of the molecule is CC(C)C[C@](C)(CN)NS(=O)(=O)N1CCCCC1. The third kappa shape index (κ3) is 4.50. The highest BCUT2D eigenvalue weighted by atomic mass is 32.2. The Morgan fingerprint density at radius 1 is 1.28 bits per heavy atom. The Balaban J connectivity index is 2.72. The van der Waals surface area contributed by atoms with E-state index in [1.165, 1.54) is 0 Å². The molecule has 6 heteroatoms. The molecule has 1 atom stereocenters. The lowest BCUT2D eigenvalue weighted by Crippen LogP contribution is -2.56. The summed E-state index contributed by atoms with van der Waals surface area (Å²) in [5.74, 6) is 0.405. The van der Waals surface area contributed by atoms with E-state index in [2.05, 4.69) is 18.6 Å². The molecule has 3 N–H and O–H groups in total. The summed E-state index contributed by atoms with van der Waals surface area (Å²) in [4.78, 5) is 0. The average molecular weight is 277 g/mol. The molecule has 1 aliphatic rings. The van der Waals surface area contributed by atoms with Crippen LogP contribution in [0.1, 0.15) is 46.5 Å². The Labute approximate surface area is 111 Å². The summed E-state index contributed by atoms with van der Waals surface area (Å²) in [5.41, 5.74) is 5.20. The van der Waals surface area contributed by atoms with Crippen LogP contribution in [0.15, 0.2) is 0 Å². The molecule has 1 fully saturated rings. The molecule has 1 rings (SSSR count). The van der Waals surface area contributed by atoms with Gasteiger partial charge in [-0.1, -0.05) is 20.3 Å². The number of nitrogens with zero attached hydrogens (tertiary/aromatic N) is 1. The van der Waals surface area contributed by atoms with Gasteiger partial charge in [0.05, 0.1) is 0 Å². The van der Waals surface area contributed by atoms with Gasteiger partial charge in [0.2, 0.25) is 0 Å². The van der Waals surface area contributed by atoms with Crippen LogP contribution in [0.3, 0.4) is 0 Å². The fourth-order valence-corrected chi connectivity index (χ4v) is 4.21. The minimum Gasteiger partial charge on any atom is -0.329 e. The van der Waals surface area contributed by atoms with Gasteiger partial charge in [0.25, 0.3) is 10.2 Å². The third-order valence-corrected chi connectivity index (χ3v) is 5.14. The predicted octanol–water partition coefficient (Wildman–Crippen LogP) is 1.07. The number of rotatable bonds is 6. The number of nitrogens with one attached hydrogen (secondary N) is 1. The Morgan fingerprint density at radius 3 is 2.28 bits per heavy atom. The number of nitrogens with two attached hydrogens (primary N) is 1. The highest BCUT2D eigenvalue weighted by Crippen LogP contribution is 2.19. The van der Waals surface area contributed by atoms with E-state index in [1.54, 1.807) is 4.31 Å². The topological polar surface area (TPSA) is 75.4 Å². The molecule has 0 aliphatic carbocycles. The highest BCUT2D eigenvalue weighted by Gasteiger charge is 2.33. The lowest BCUT2D eigenvalue weighted by Gasteiger charge is -2.34. The smallest absolute Gasteiger partial charge is 0.279 e. The van der Waals surface area contributed by atoms with E-state index in [-0.39, 0.29) is 0 Å². The third-order valence-electron chi connectivity index (χ3n) is 3.34. The van der Waals surface area contributed by atoms with Crippen LogP contribution in [0.25, 0.3) is 0 Å². The Kier molecular flexibility index (Phi) is 5.58. The van der Waals surface area contributed by atoms with Crippen LogP contribution in [0, 0.1) is 5.92 Å². The maximum absolute atomic E-state index is 12.3. The molecule has 1 heterocycles. The quantitative estimate of drug-likeness (QED) is 0.762. The van der Waals surface area contributed by atoms with Crippen LogP contribution in [-0.2, 0) is 10.2 Å². The van der Waals surface area contributed by atoms with Crippen LogP contribution < -0.4 is 10.5 Å². The van der Waals surface area contributed by atoms with Gasteiger partial charge in [-0.15, -0.1) is 0 Å². The van der Waals surface area contributed by atoms with Crippen molar-refractivity contribution in [3.05, 3.63) is 0 Å². The summed E-state index contributed by atoms with van der Waals surface area (Å²) in [6, 6.07) is 0. The molecule has 108 valence electrons. The monoisotopic (exact) mass is 277 g/mol. The fraction of sp³-hybridized carbons (Fsp3) is 1.00. The van der Waals surface area contributed by atoms with Crippen molar-refractivity contribution >= 4 is 10.2 Å². The van der Waals surface area contributed by atoms with Gasteiger partial charge in [-0.05, 0) is 32.1 Å². The van der Waals surface area contributed by atoms with Gasteiger partial charge < -0.3 is 5.73 Å². The van der Waals surface area contributed by atoms with Gasteiger partial charge in [-0.2, -0.15) is 17.4 Å². The summed E-state index contributed by atoms with van der Waals surface area (Å²) in [6.45, 7) is 7.59. The molecule has 0 amide bonds. The van der Waals surface area contributed by atoms with E-state index >= 15 is 0 Å². The van der Waals surface area contributed by atoms with Crippen LogP contribution >= 0.6 is 0 Å². The van der Waals surface area contributed by atoms with Crippen molar-refractivity contribution in [2.24, 2.45) is 11.7 Å². The summed E-state index contributed by atoms with van der Waals surface area (Å²) < 4.78 is 28.9. The van der Waals surface area contributed by atoms with Crippen molar-refractivity contribution in [3.63, 3.8) is 0 Å². The zero-order valence-corrected chi connectivity index (χ0v) is 12.6. The second-order valence-electron chi connectivity index (χ2n) is 5.93. The number of hydrogen-bond acceptors (Lipinski definition) is 3. The first-order chi connectivity index (χ1) is 8.29. The first-order valence-electron chi connectivity index (χ1n) is 6.78. The predicted molar refractivity (Wildman–Crippen MR) is 74.4 cm³/mol. The van der Waals surface area contributed by atoms with Crippen molar-refractivity contribution < 1.29 is 8.42 Å². The van der Waals surface area contributed by atoms with Crippen LogP contribution in [0.2, 0.25) is 0 Å². The van der Waals surface area contributed by atoms with Gasteiger partial charge >= 0.3 is 0 Å². The van der Waals surface area contributed by atoms with E-state index in [0.29, 0.717) is 25.6 Å². The van der Waals surface area contributed by atoms with Crippen molar-refractivity contribution in [2.45, 2.75) is 52.0 Å². The van der Waals surface area contributed by atoms with Gasteiger partial charge in [-0.25, -0.2) is 0 Å². The van der Waals surface area contributed by atoms with Crippen LogP contribution in [0.5, 0.6) is 0 Å². The van der Waals surface area contributed by atoms with Gasteiger partial charge in [0.15, 0.2) is 0 Å². The molecule has 0 aromatic rings. The summed E-state index contributed by atoms with van der Waals surface area (Å²) >= 11 is 0. The zero-order chi connectivity index (χ0) is 13.8. The standard InChI is InChI=1S/C12H27N3O2S/c1-11(2)9-12(3,10-13)14-18(16,17)15-7-5-4-6-8-15/h11,14H,4-10,13H2,1-3H3/t12-/m1/s1. The first kappa shape index (κ1) is 15.9. The molecule has 0 unspecified atom stereocenters. The molecule has 1 saturated heterocycles. The minimum absolute atomic E-state index is 0.318. The average Bonchev–Trinajstić information content (AvgIpc) is 2.28. The van der Waals surface area contributed by atoms with E-state index in [0.717, 1.165) is 25.7 Å². The molecule has 0 aromatic heterocycles. The van der Waals surface area contributed by atoms with Crippen LogP contribution in [-0.4, -0.2) is 37.9 Å². The lowest BCUT2D eigenvalue weighted by molar-refractivity contribution is 0.306. The molecule has 0 saturated carbocycles. The molecule has 5 nitrogen and oxygen atoms in total. The molecule has 0 bridgehead atoms. The summed E-state index contributed by atoms with van der Waals surface area (Å²) in [6.07, 6.45) is 3.76. The van der Waals surface area contributed by atoms with Gasteiger partial charge in [0.1, 0.15) is 0 Å². The Morgan fingerprint density at radius 2 is 1.83 bits per heavy atom. The van der Waals surface area contributed by atoms with Crippen molar-refractivity contribution in [1.82, 2.24) is 9.03 Å². The largest absolute Gasteiger partial charge is 0.329 e. The maximum Gasteiger partial charge on any atom is 0.279 e. The molecule has 0 radical (unpaired) electrons. The van der Waals surface area contributed by atoms with Crippen molar-refractivity contribution in [1.29, 1.82) is 0 Å². The second-order valence-corrected chi connectivity index (χ2v) is 7.60. The van der Waals surface area contributed by atoms with Gasteiger partial charge in [-0.3, -0.25) is 0 Å². The number of hydrogen-bond donors (Lipinski definition) is 2. The number of piperidine rings is 1. The fourth-order valence-electron chi connectivity index (χ4n) is 2.55. The molecular weight excluding hydrogens is 250 g/mol. The van der Waals surface area contributed by atoms with E-state index in [9.17, 15) is 8.42 Å². The van der Waals surface area contributed by atoms with Gasteiger partial charge in [0, 0.05) is 25.2 Å². The minimum atomic E-state index is -3.40. The maximum atomic E-state index is 12.3. The van der Waals surface area contributed by atoms with E-state index < -0.39 is 15.7 Å². The van der Waals surface area contributed by atoms with Crippen molar-refractivity contribution in [2.75, 3.05) is 19.6 Å². The van der Waals surface area contributed by atoms with Crippen LogP contribution in [0.4, 0.5) is 0 Å². The Hall–Kier alpha value is -0.170.